The molecule has 0 saturated carbocycles. The summed E-state index contributed by atoms with van der Waals surface area (Å²) in [7, 11) is 0. The minimum atomic E-state index is 0.0508. The van der Waals surface area contributed by atoms with Crippen LogP contribution in [0.25, 0.3) is 0 Å². The lowest BCUT2D eigenvalue weighted by Gasteiger charge is -2.20. The predicted molar refractivity (Wildman–Crippen MR) is 113 cm³/mol. The quantitative estimate of drug-likeness (QED) is 0.392. The maximum absolute atomic E-state index is 11.4. The molecule has 1 aliphatic heterocycles. The number of hydrogen-bond acceptors (Lipinski definition) is 4. The molecule has 3 aromatic rings. The summed E-state index contributed by atoms with van der Waals surface area (Å²) < 4.78 is 0. The van der Waals surface area contributed by atoms with E-state index in [-0.39, 0.29) is 5.78 Å². The van der Waals surface area contributed by atoms with Crippen molar-refractivity contribution in [1.29, 1.82) is 0 Å². The zero-order chi connectivity index (χ0) is 19.7. The smallest absolute Gasteiger partial charge is 0.159 e. The topological polar surface area (TPSA) is 45.0 Å². The van der Waals surface area contributed by atoms with Crippen LogP contribution in [-0.2, 0) is 13.1 Å². The molecule has 0 radical (unpaired) electrons. The number of nitrogens with zero attached hydrogens (tertiary/aromatic N) is 3. The van der Waals surface area contributed by atoms with Crippen molar-refractivity contribution in [1.82, 2.24) is 0 Å². The Bertz CT molecular complexity index is 1020. The van der Waals surface area contributed by atoms with E-state index in [0.29, 0.717) is 5.56 Å². The van der Waals surface area contributed by atoms with Gasteiger partial charge in [0, 0.05) is 24.3 Å². The summed E-state index contributed by atoms with van der Waals surface area (Å²) in [6.07, 6.45) is 0. The Balaban J connectivity index is 1.56. The molecule has 0 aliphatic carbocycles. The molecule has 1 aliphatic rings. The van der Waals surface area contributed by atoms with E-state index in [1.807, 2.05) is 12.1 Å². The van der Waals surface area contributed by atoms with Gasteiger partial charge in [0.05, 0.1) is 11.4 Å². The molecule has 3 aromatic carbocycles. The first kappa shape index (κ1) is 18.1. The van der Waals surface area contributed by atoms with Crippen LogP contribution in [0.2, 0.25) is 0 Å². The Morgan fingerprint density at radius 1 is 0.857 bits per heavy atom. The number of anilines is 1. The van der Waals surface area contributed by atoms with Crippen LogP contribution in [-0.4, -0.2) is 5.78 Å². The third kappa shape index (κ3) is 3.58. The number of carbonyl (C=O) groups is 1. The number of azo groups is 1. The number of aryl methyl sites for hydroxylation is 2. The van der Waals surface area contributed by atoms with Gasteiger partial charge in [-0.1, -0.05) is 24.3 Å². The number of ketones is 1. The van der Waals surface area contributed by atoms with Crippen molar-refractivity contribution in [2.75, 3.05) is 4.90 Å². The molecule has 28 heavy (non-hydrogen) atoms. The van der Waals surface area contributed by atoms with Gasteiger partial charge in [-0.15, -0.1) is 0 Å². The molecular formula is C24H23N3O. The van der Waals surface area contributed by atoms with Gasteiger partial charge >= 0.3 is 0 Å². The van der Waals surface area contributed by atoms with Crippen LogP contribution in [0.4, 0.5) is 17.1 Å². The first-order valence-corrected chi connectivity index (χ1v) is 9.47. The summed E-state index contributed by atoms with van der Waals surface area (Å²) in [4.78, 5) is 13.8. The molecule has 0 N–H and O–H groups in total. The summed E-state index contributed by atoms with van der Waals surface area (Å²) in [5.74, 6) is 0.0508. The molecule has 0 spiro atoms. The van der Waals surface area contributed by atoms with Crippen LogP contribution in [0.15, 0.2) is 70.9 Å². The van der Waals surface area contributed by atoms with Gasteiger partial charge in [0.15, 0.2) is 5.78 Å². The zero-order valence-corrected chi connectivity index (χ0v) is 16.4. The van der Waals surface area contributed by atoms with Gasteiger partial charge in [-0.05, 0) is 79.4 Å². The standard InChI is InChI=1S/C24H23N3O/c1-16-12-23(27-14-20-6-4-5-7-21(20)15-27)13-17(2)24(16)26-25-22-10-8-19(9-11-22)18(3)28/h4-13H,14-15H2,1-3H3. The van der Waals surface area contributed by atoms with Crippen molar-refractivity contribution in [2.24, 2.45) is 10.2 Å². The second-order valence-electron chi connectivity index (χ2n) is 7.36. The summed E-state index contributed by atoms with van der Waals surface area (Å²) in [5, 5.41) is 8.84. The lowest BCUT2D eigenvalue weighted by molar-refractivity contribution is 0.101. The first-order chi connectivity index (χ1) is 13.5. The monoisotopic (exact) mass is 369 g/mol. The number of rotatable bonds is 4. The largest absolute Gasteiger partial charge is 0.363 e. The molecule has 0 amide bonds. The summed E-state index contributed by atoms with van der Waals surface area (Å²) in [6.45, 7) is 7.60. The highest BCUT2D eigenvalue weighted by molar-refractivity contribution is 5.94. The molecule has 0 atom stereocenters. The maximum atomic E-state index is 11.4. The number of Topliss-reactive ketones (excluding diaryl/α,β-unsaturated/α-hetero) is 1. The average Bonchev–Trinajstić information content (AvgIpc) is 3.12. The van der Waals surface area contributed by atoms with Gasteiger partial charge in [-0.3, -0.25) is 4.79 Å². The van der Waals surface area contributed by atoms with Gasteiger partial charge in [0.25, 0.3) is 0 Å². The molecule has 0 bridgehead atoms. The van der Waals surface area contributed by atoms with Crippen molar-refractivity contribution in [3.8, 4) is 0 Å². The maximum Gasteiger partial charge on any atom is 0.159 e. The SMILES string of the molecule is CC(=O)c1ccc(N=Nc2c(C)cc(N3Cc4ccccc4C3)cc2C)cc1. The van der Waals surface area contributed by atoms with Crippen LogP contribution in [0, 0.1) is 13.8 Å². The molecule has 0 aromatic heterocycles. The third-order valence-electron chi connectivity index (χ3n) is 5.22. The molecule has 4 heteroatoms. The van der Waals surface area contributed by atoms with Crippen molar-refractivity contribution in [3.63, 3.8) is 0 Å². The van der Waals surface area contributed by atoms with E-state index in [1.54, 1.807) is 19.1 Å². The van der Waals surface area contributed by atoms with Gasteiger partial charge in [0.2, 0.25) is 0 Å². The Labute approximate surface area is 165 Å². The predicted octanol–water partition coefficient (Wildman–Crippen LogP) is 6.44. The summed E-state index contributed by atoms with van der Waals surface area (Å²) in [5.41, 5.74) is 8.55. The fraction of sp³-hybridized carbons (Fsp3) is 0.208. The highest BCUT2D eigenvalue weighted by Gasteiger charge is 2.19. The lowest BCUT2D eigenvalue weighted by Crippen LogP contribution is -2.14. The normalized spacial score (nSPS) is 13.2. The Hall–Kier alpha value is -3.27. The minimum absolute atomic E-state index is 0.0508. The number of carbonyl (C=O) groups excluding carboxylic acids is 1. The number of hydrogen-bond donors (Lipinski definition) is 0. The summed E-state index contributed by atoms with van der Waals surface area (Å²) in [6, 6.07) is 20.2. The van der Waals surface area contributed by atoms with E-state index in [4.69, 9.17) is 0 Å². The van der Waals surface area contributed by atoms with E-state index in [9.17, 15) is 4.79 Å². The average molecular weight is 369 g/mol. The van der Waals surface area contributed by atoms with Crippen LogP contribution in [0.3, 0.4) is 0 Å². The molecule has 1 heterocycles. The Kier molecular flexibility index (Phi) is 4.78. The van der Waals surface area contributed by atoms with Crippen LogP contribution < -0.4 is 4.90 Å². The van der Waals surface area contributed by atoms with Gasteiger partial charge < -0.3 is 4.90 Å². The number of fused-ring (bicyclic) bond motifs is 1. The third-order valence-corrected chi connectivity index (χ3v) is 5.22. The van der Waals surface area contributed by atoms with Gasteiger partial charge in [0.1, 0.15) is 0 Å². The molecule has 140 valence electrons. The summed E-state index contributed by atoms with van der Waals surface area (Å²) >= 11 is 0. The van der Waals surface area contributed by atoms with Crippen LogP contribution >= 0.6 is 0 Å². The fourth-order valence-corrected chi connectivity index (χ4v) is 3.66. The van der Waals surface area contributed by atoms with E-state index in [0.717, 1.165) is 35.6 Å². The van der Waals surface area contributed by atoms with E-state index in [2.05, 4.69) is 65.4 Å². The molecule has 4 rings (SSSR count). The highest BCUT2D eigenvalue weighted by Crippen LogP contribution is 2.34. The zero-order valence-electron chi connectivity index (χ0n) is 16.4. The van der Waals surface area contributed by atoms with E-state index >= 15 is 0 Å². The van der Waals surface area contributed by atoms with E-state index < -0.39 is 0 Å². The highest BCUT2D eigenvalue weighted by atomic mass is 16.1. The van der Waals surface area contributed by atoms with Gasteiger partial charge in [-0.2, -0.15) is 10.2 Å². The van der Waals surface area contributed by atoms with Gasteiger partial charge in [-0.25, -0.2) is 0 Å². The molecule has 0 unspecified atom stereocenters. The first-order valence-electron chi connectivity index (χ1n) is 9.47. The van der Waals surface area contributed by atoms with Crippen LogP contribution in [0.5, 0.6) is 0 Å². The molecule has 0 saturated heterocycles. The van der Waals surface area contributed by atoms with E-state index in [1.165, 1.54) is 16.8 Å². The van der Waals surface area contributed by atoms with Crippen molar-refractivity contribution in [2.45, 2.75) is 33.9 Å². The fourth-order valence-electron chi connectivity index (χ4n) is 3.66. The molecule has 4 nitrogen and oxygen atoms in total. The van der Waals surface area contributed by atoms with Crippen molar-refractivity contribution < 1.29 is 4.79 Å². The van der Waals surface area contributed by atoms with Crippen molar-refractivity contribution in [3.05, 3.63) is 88.5 Å². The minimum Gasteiger partial charge on any atom is -0.363 e. The molecule has 0 fully saturated rings. The van der Waals surface area contributed by atoms with Crippen LogP contribution in [0.1, 0.15) is 39.5 Å². The Morgan fingerprint density at radius 2 is 1.43 bits per heavy atom. The molecular weight excluding hydrogens is 346 g/mol. The number of benzene rings is 3. The second kappa shape index (κ2) is 7.39. The Morgan fingerprint density at radius 3 is 1.96 bits per heavy atom. The lowest BCUT2D eigenvalue weighted by atomic mass is 10.1. The van der Waals surface area contributed by atoms with Crippen molar-refractivity contribution >= 4 is 22.8 Å². The second-order valence-corrected chi connectivity index (χ2v) is 7.36.